The van der Waals surface area contributed by atoms with Gasteiger partial charge in [-0.15, -0.1) is 0 Å². The van der Waals surface area contributed by atoms with E-state index in [0.29, 0.717) is 18.5 Å². The van der Waals surface area contributed by atoms with Crippen molar-refractivity contribution in [1.82, 2.24) is 10.6 Å². The van der Waals surface area contributed by atoms with Gasteiger partial charge in [0.2, 0.25) is 0 Å². The van der Waals surface area contributed by atoms with Gasteiger partial charge in [-0.05, 0) is 6.42 Å². The average Bonchev–Trinajstić information content (AvgIpc) is 2.17. The van der Waals surface area contributed by atoms with Crippen molar-refractivity contribution in [3.8, 4) is 6.07 Å². The predicted molar refractivity (Wildman–Crippen MR) is 53.3 cm³/mol. The highest BCUT2D eigenvalue weighted by Crippen LogP contribution is 2.04. The Hall–Kier alpha value is -0.590. The molecule has 0 aromatic heterocycles. The van der Waals surface area contributed by atoms with Gasteiger partial charge in [-0.1, -0.05) is 19.8 Å². The lowest BCUT2D eigenvalue weighted by molar-refractivity contribution is 0.331. The van der Waals surface area contributed by atoms with Gasteiger partial charge >= 0.3 is 0 Å². The first-order valence-corrected chi connectivity index (χ1v) is 5.20. The minimum atomic E-state index is 0.364. The molecule has 1 aliphatic heterocycles. The van der Waals surface area contributed by atoms with Crippen molar-refractivity contribution >= 4 is 0 Å². The Morgan fingerprint density at radius 3 is 2.54 bits per heavy atom. The molecule has 0 spiro atoms. The van der Waals surface area contributed by atoms with E-state index < -0.39 is 0 Å². The van der Waals surface area contributed by atoms with Crippen molar-refractivity contribution in [2.24, 2.45) is 0 Å². The number of hydrogen-bond acceptors (Lipinski definition) is 3. The molecule has 13 heavy (non-hydrogen) atoms. The summed E-state index contributed by atoms with van der Waals surface area (Å²) in [5.41, 5.74) is 0. The molecule has 0 aromatic carbocycles. The van der Waals surface area contributed by atoms with Crippen molar-refractivity contribution in [2.45, 2.75) is 44.7 Å². The van der Waals surface area contributed by atoms with E-state index in [0.717, 1.165) is 13.1 Å². The van der Waals surface area contributed by atoms with Crippen LogP contribution in [0.4, 0.5) is 0 Å². The topological polar surface area (TPSA) is 47.9 Å². The van der Waals surface area contributed by atoms with Crippen LogP contribution in [0.2, 0.25) is 0 Å². The highest BCUT2D eigenvalue weighted by Gasteiger charge is 2.18. The summed E-state index contributed by atoms with van der Waals surface area (Å²) < 4.78 is 0. The molecule has 0 aromatic rings. The summed E-state index contributed by atoms with van der Waals surface area (Å²) in [5, 5.41) is 15.4. The standard InChI is InChI=1S/C10H19N3/c1-2-3-4-9-7-13-10(5-6-11)8-12-9/h9-10,12-13H,2-5,7-8H2,1H3/t9-,10-/m0/s1. The molecule has 1 fully saturated rings. The molecule has 0 saturated carbocycles. The Balaban J connectivity index is 2.12. The third-order valence-corrected chi connectivity index (χ3v) is 2.55. The molecule has 1 aliphatic rings. The second kappa shape index (κ2) is 5.95. The van der Waals surface area contributed by atoms with E-state index >= 15 is 0 Å². The van der Waals surface area contributed by atoms with Gasteiger partial charge < -0.3 is 10.6 Å². The summed E-state index contributed by atoms with van der Waals surface area (Å²) in [5.74, 6) is 0. The Kier molecular flexibility index (Phi) is 4.81. The van der Waals surface area contributed by atoms with E-state index in [4.69, 9.17) is 5.26 Å². The molecule has 3 nitrogen and oxygen atoms in total. The van der Waals surface area contributed by atoms with Crippen LogP contribution in [-0.4, -0.2) is 25.2 Å². The lowest BCUT2D eigenvalue weighted by Gasteiger charge is -2.30. The van der Waals surface area contributed by atoms with Crippen LogP contribution in [0.3, 0.4) is 0 Å². The van der Waals surface area contributed by atoms with Gasteiger partial charge in [0.05, 0.1) is 12.5 Å². The summed E-state index contributed by atoms with van der Waals surface area (Å²) in [4.78, 5) is 0. The maximum Gasteiger partial charge on any atom is 0.0638 e. The molecular weight excluding hydrogens is 162 g/mol. The maximum absolute atomic E-state index is 8.51. The fourth-order valence-electron chi connectivity index (χ4n) is 1.67. The van der Waals surface area contributed by atoms with Crippen molar-refractivity contribution in [3.63, 3.8) is 0 Å². The minimum absolute atomic E-state index is 0.364. The van der Waals surface area contributed by atoms with Crippen molar-refractivity contribution in [3.05, 3.63) is 0 Å². The van der Waals surface area contributed by atoms with Crippen LogP contribution in [0.1, 0.15) is 32.6 Å². The van der Waals surface area contributed by atoms with Crippen LogP contribution in [0.25, 0.3) is 0 Å². The lowest BCUT2D eigenvalue weighted by Crippen LogP contribution is -2.54. The molecule has 2 N–H and O–H groups in total. The van der Waals surface area contributed by atoms with Gasteiger partial charge in [-0.25, -0.2) is 0 Å². The number of rotatable bonds is 4. The number of hydrogen-bond donors (Lipinski definition) is 2. The van der Waals surface area contributed by atoms with Crippen LogP contribution in [0, 0.1) is 11.3 Å². The lowest BCUT2D eigenvalue weighted by atomic mass is 10.1. The van der Waals surface area contributed by atoms with Crippen LogP contribution in [0.5, 0.6) is 0 Å². The molecular formula is C10H19N3. The van der Waals surface area contributed by atoms with Crippen LogP contribution in [-0.2, 0) is 0 Å². The molecule has 1 rings (SSSR count). The summed E-state index contributed by atoms with van der Waals surface area (Å²) >= 11 is 0. The zero-order valence-corrected chi connectivity index (χ0v) is 8.34. The quantitative estimate of drug-likeness (QED) is 0.680. The number of nitriles is 1. The molecule has 2 atom stereocenters. The monoisotopic (exact) mass is 181 g/mol. The zero-order valence-electron chi connectivity index (χ0n) is 8.34. The van der Waals surface area contributed by atoms with Crippen LogP contribution in [0.15, 0.2) is 0 Å². The smallest absolute Gasteiger partial charge is 0.0638 e. The fraction of sp³-hybridized carbons (Fsp3) is 0.900. The summed E-state index contributed by atoms with van der Waals surface area (Å²) in [7, 11) is 0. The second-order valence-corrected chi connectivity index (χ2v) is 3.71. The van der Waals surface area contributed by atoms with Gasteiger partial charge in [-0.3, -0.25) is 0 Å². The van der Waals surface area contributed by atoms with Gasteiger partial charge in [0.15, 0.2) is 0 Å². The summed E-state index contributed by atoms with van der Waals surface area (Å²) in [6.07, 6.45) is 4.43. The maximum atomic E-state index is 8.51. The third kappa shape index (κ3) is 3.75. The van der Waals surface area contributed by atoms with E-state index in [1.54, 1.807) is 0 Å². The molecule has 0 amide bonds. The molecule has 3 heteroatoms. The number of piperazine rings is 1. The second-order valence-electron chi connectivity index (χ2n) is 3.71. The highest BCUT2D eigenvalue weighted by molar-refractivity contribution is 4.88. The van der Waals surface area contributed by atoms with Crippen molar-refractivity contribution in [2.75, 3.05) is 13.1 Å². The Morgan fingerprint density at radius 1 is 1.31 bits per heavy atom. The van der Waals surface area contributed by atoms with Gasteiger partial charge in [-0.2, -0.15) is 5.26 Å². The Morgan fingerprint density at radius 2 is 2.00 bits per heavy atom. The van der Waals surface area contributed by atoms with Crippen molar-refractivity contribution in [1.29, 1.82) is 5.26 Å². The SMILES string of the molecule is CCCC[C@H]1CN[C@@H](CC#N)CN1. The summed E-state index contributed by atoms with van der Waals surface area (Å²) in [6.45, 7) is 4.18. The normalized spacial score (nSPS) is 28.3. The molecule has 0 radical (unpaired) electrons. The molecule has 1 heterocycles. The van der Waals surface area contributed by atoms with Gasteiger partial charge in [0.1, 0.15) is 0 Å². The van der Waals surface area contributed by atoms with E-state index in [-0.39, 0.29) is 0 Å². The number of nitrogens with one attached hydrogen (secondary N) is 2. The van der Waals surface area contributed by atoms with E-state index in [2.05, 4.69) is 23.6 Å². The number of unbranched alkanes of at least 4 members (excludes halogenated alkanes) is 1. The van der Waals surface area contributed by atoms with Gasteiger partial charge in [0.25, 0.3) is 0 Å². The Bertz CT molecular complexity index is 165. The van der Waals surface area contributed by atoms with E-state index in [1.165, 1.54) is 19.3 Å². The highest BCUT2D eigenvalue weighted by atomic mass is 15.1. The molecule has 0 aliphatic carbocycles. The van der Waals surface area contributed by atoms with E-state index in [1.807, 2.05) is 0 Å². The largest absolute Gasteiger partial charge is 0.311 e. The third-order valence-electron chi connectivity index (χ3n) is 2.55. The van der Waals surface area contributed by atoms with Crippen molar-refractivity contribution < 1.29 is 0 Å². The first-order valence-electron chi connectivity index (χ1n) is 5.20. The molecule has 0 bridgehead atoms. The summed E-state index contributed by atoms with van der Waals surface area (Å²) in [6, 6.07) is 3.18. The van der Waals surface area contributed by atoms with E-state index in [9.17, 15) is 0 Å². The van der Waals surface area contributed by atoms with Crippen LogP contribution >= 0.6 is 0 Å². The zero-order chi connectivity index (χ0) is 9.52. The average molecular weight is 181 g/mol. The fourth-order valence-corrected chi connectivity index (χ4v) is 1.67. The molecule has 0 unspecified atom stereocenters. The first-order chi connectivity index (χ1) is 6.36. The molecule has 74 valence electrons. The van der Waals surface area contributed by atoms with Gasteiger partial charge in [0, 0.05) is 25.2 Å². The first kappa shape index (κ1) is 10.5. The Labute approximate surface area is 80.5 Å². The van der Waals surface area contributed by atoms with Crippen LogP contribution < -0.4 is 10.6 Å². The minimum Gasteiger partial charge on any atom is -0.311 e. The predicted octanol–water partition coefficient (Wildman–Crippen LogP) is 1.02. The number of nitrogens with zero attached hydrogens (tertiary/aromatic N) is 1. The molecule has 1 saturated heterocycles.